The van der Waals surface area contributed by atoms with Gasteiger partial charge in [0.25, 0.3) is 0 Å². The fraction of sp³-hybridized carbons (Fsp3) is 0.333. The highest BCUT2D eigenvalue weighted by Gasteiger charge is 2.31. The molecule has 29 heavy (non-hydrogen) atoms. The van der Waals surface area contributed by atoms with Crippen LogP contribution in [-0.4, -0.2) is 50.0 Å². The second-order valence-electron chi connectivity index (χ2n) is 6.29. The first-order valence-electron chi connectivity index (χ1n) is 9.25. The number of methoxy groups -OCH3 is 2. The number of benzene rings is 2. The summed E-state index contributed by atoms with van der Waals surface area (Å²) in [4.78, 5) is 26.4. The molecule has 0 saturated carbocycles. The number of ether oxygens (including phenoxy) is 3. The van der Waals surface area contributed by atoms with Gasteiger partial charge in [0, 0.05) is 24.1 Å². The van der Waals surface area contributed by atoms with Crippen LogP contribution in [0.15, 0.2) is 42.5 Å². The number of urea groups is 1. The molecule has 2 aromatic carbocycles. The number of rotatable bonds is 6. The van der Waals surface area contributed by atoms with Gasteiger partial charge in [-0.15, -0.1) is 11.8 Å². The molecule has 7 nitrogen and oxygen atoms in total. The minimum absolute atomic E-state index is 0.141. The zero-order valence-electron chi connectivity index (χ0n) is 16.6. The quantitative estimate of drug-likeness (QED) is 0.713. The number of amides is 2. The van der Waals surface area contributed by atoms with Gasteiger partial charge in [-0.2, -0.15) is 0 Å². The molecule has 0 aliphatic carbocycles. The molecule has 1 fully saturated rings. The van der Waals surface area contributed by atoms with Crippen molar-refractivity contribution in [2.24, 2.45) is 0 Å². The number of esters is 1. The molecule has 1 aliphatic rings. The van der Waals surface area contributed by atoms with Crippen LogP contribution in [0.4, 0.5) is 10.5 Å². The standard InChI is InChI=1S/C21H24N2O5S/c1-4-28-20(24)14-5-7-16(8-6-14)22-21(25)23-9-10-29-19(23)15-11-17(26-2)13-18(12-15)27-3/h5-8,11-13,19H,4,9-10H2,1-3H3,(H,22,25)/t19-/m0/s1. The maximum absolute atomic E-state index is 12.9. The summed E-state index contributed by atoms with van der Waals surface area (Å²) in [5.74, 6) is 1.82. The van der Waals surface area contributed by atoms with Gasteiger partial charge in [0.2, 0.25) is 0 Å². The Morgan fingerprint density at radius 3 is 2.34 bits per heavy atom. The summed E-state index contributed by atoms with van der Waals surface area (Å²) in [5.41, 5.74) is 2.00. The predicted octanol–water partition coefficient (Wildman–Crippen LogP) is 4.16. The van der Waals surface area contributed by atoms with E-state index < -0.39 is 0 Å². The Hall–Kier alpha value is -2.87. The molecular formula is C21H24N2O5S. The maximum Gasteiger partial charge on any atom is 0.338 e. The van der Waals surface area contributed by atoms with Crippen LogP contribution in [0.5, 0.6) is 11.5 Å². The number of anilines is 1. The first-order chi connectivity index (χ1) is 14.0. The van der Waals surface area contributed by atoms with Gasteiger partial charge in [-0.3, -0.25) is 0 Å². The fourth-order valence-corrected chi connectivity index (χ4v) is 4.26. The number of carbonyl (C=O) groups excluding carboxylic acids is 2. The summed E-state index contributed by atoms with van der Waals surface area (Å²) >= 11 is 1.69. The minimum atomic E-state index is -0.381. The third-order valence-corrected chi connectivity index (χ3v) is 5.72. The zero-order chi connectivity index (χ0) is 20.8. The third kappa shape index (κ3) is 4.95. The van der Waals surface area contributed by atoms with Crippen molar-refractivity contribution in [3.8, 4) is 11.5 Å². The van der Waals surface area contributed by atoms with Gasteiger partial charge in [0.05, 0.1) is 26.4 Å². The van der Waals surface area contributed by atoms with E-state index in [9.17, 15) is 9.59 Å². The van der Waals surface area contributed by atoms with Gasteiger partial charge < -0.3 is 24.4 Å². The molecule has 0 unspecified atom stereocenters. The van der Waals surface area contributed by atoms with Crippen molar-refractivity contribution in [1.29, 1.82) is 0 Å². The largest absolute Gasteiger partial charge is 0.497 e. The molecular weight excluding hydrogens is 392 g/mol. The molecule has 2 aromatic rings. The molecule has 3 rings (SSSR count). The molecule has 0 spiro atoms. The van der Waals surface area contributed by atoms with Crippen LogP contribution in [0.2, 0.25) is 0 Å². The molecule has 0 aromatic heterocycles. The van der Waals surface area contributed by atoms with E-state index in [1.165, 1.54) is 0 Å². The normalized spacial score (nSPS) is 15.7. The number of hydrogen-bond donors (Lipinski definition) is 1. The van der Waals surface area contributed by atoms with E-state index in [1.54, 1.807) is 68.1 Å². The van der Waals surface area contributed by atoms with E-state index in [0.717, 1.165) is 11.3 Å². The lowest BCUT2D eigenvalue weighted by molar-refractivity contribution is 0.0526. The topological polar surface area (TPSA) is 77.1 Å². The average Bonchev–Trinajstić information content (AvgIpc) is 3.24. The summed E-state index contributed by atoms with van der Waals surface area (Å²) in [6.45, 7) is 2.71. The van der Waals surface area contributed by atoms with Crippen LogP contribution < -0.4 is 14.8 Å². The second-order valence-corrected chi connectivity index (χ2v) is 7.48. The number of nitrogens with zero attached hydrogens (tertiary/aromatic N) is 1. The summed E-state index contributed by atoms with van der Waals surface area (Å²) < 4.78 is 15.7. The van der Waals surface area contributed by atoms with Crippen molar-refractivity contribution >= 4 is 29.4 Å². The van der Waals surface area contributed by atoms with Crippen molar-refractivity contribution < 1.29 is 23.8 Å². The molecule has 2 amide bonds. The molecule has 1 saturated heterocycles. The van der Waals surface area contributed by atoms with Crippen LogP contribution in [0.1, 0.15) is 28.2 Å². The Morgan fingerprint density at radius 2 is 1.76 bits per heavy atom. The van der Waals surface area contributed by atoms with Gasteiger partial charge in [0.1, 0.15) is 16.9 Å². The molecule has 1 heterocycles. The summed E-state index contributed by atoms with van der Waals surface area (Å²) in [5, 5.41) is 2.76. The van der Waals surface area contributed by atoms with Crippen LogP contribution >= 0.6 is 11.8 Å². The first kappa shape index (κ1) is 20.9. The van der Waals surface area contributed by atoms with E-state index >= 15 is 0 Å². The summed E-state index contributed by atoms with van der Waals surface area (Å²) in [6, 6.07) is 12.1. The van der Waals surface area contributed by atoms with Crippen LogP contribution in [-0.2, 0) is 4.74 Å². The molecule has 0 radical (unpaired) electrons. The molecule has 1 aliphatic heterocycles. The highest BCUT2D eigenvalue weighted by atomic mass is 32.2. The van der Waals surface area contributed by atoms with Gasteiger partial charge >= 0.3 is 12.0 Å². The lowest BCUT2D eigenvalue weighted by atomic mass is 10.2. The van der Waals surface area contributed by atoms with E-state index in [4.69, 9.17) is 14.2 Å². The van der Waals surface area contributed by atoms with Crippen LogP contribution in [0, 0.1) is 0 Å². The summed E-state index contributed by atoms with van der Waals surface area (Å²) in [7, 11) is 3.20. The Bertz CT molecular complexity index is 850. The molecule has 0 bridgehead atoms. The Balaban J connectivity index is 1.73. The highest BCUT2D eigenvalue weighted by molar-refractivity contribution is 7.99. The highest BCUT2D eigenvalue weighted by Crippen LogP contribution is 2.40. The fourth-order valence-electron chi connectivity index (χ4n) is 3.03. The molecule has 154 valence electrons. The average molecular weight is 416 g/mol. The Kier molecular flexibility index (Phi) is 6.87. The number of carbonyl (C=O) groups is 2. The SMILES string of the molecule is CCOC(=O)c1ccc(NC(=O)N2CCS[C@H]2c2cc(OC)cc(OC)c2)cc1. The number of hydrogen-bond acceptors (Lipinski definition) is 6. The van der Waals surface area contributed by atoms with Crippen molar-refractivity contribution in [2.45, 2.75) is 12.3 Å². The number of thioether (sulfide) groups is 1. The molecule has 1 atom stereocenters. The van der Waals surface area contributed by atoms with Crippen LogP contribution in [0.3, 0.4) is 0 Å². The summed E-state index contributed by atoms with van der Waals surface area (Å²) in [6.07, 6.45) is 0. The first-order valence-corrected chi connectivity index (χ1v) is 10.3. The second kappa shape index (κ2) is 9.56. The van der Waals surface area contributed by atoms with Crippen LogP contribution in [0.25, 0.3) is 0 Å². The number of nitrogens with one attached hydrogen (secondary N) is 1. The molecule has 8 heteroatoms. The van der Waals surface area contributed by atoms with Crippen molar-refractivity contribution in [1.82, 2.24) is 4.90 Å². The lowest BCUT2D eigenvalue weighted by Gasteiger charge is -2.25. The van der Waals surface area contributed by atoms with Crippen molar-refractivity contribution in [3.05, 3.63) is 53.6 Å². The van der Waals surface area contributed by atoms with E-state index in [-0.39, 0.29) is 17.4 Å². The lowest BCUT2D eigenvalue weighted by Crippen LogP contribution is -2.34. The van der Waals surface area contributed by atoms with Crippen molar-refractivity contribution in [3.63, 3.8) is 0 Å². The Labute approximate surface area is 174 Å². The monoisotopic (exact) mass is 416 g/mol. The van der Waals surface area contributed by atoms with Gasteiger partial charge in [-0.25, -0.2) is 9.59 Å². The van der Waals surface area contributed by atoms with Gasteiger partial charge in [-0.05, 0) is 48.9 Å². The minimum Gasteiger partial charge on any atom is -0.497 e. The Morgan fingerprint density at radius 1 is 1.10 bits per heavy atom. The van der Waals surface area contributed by atoms with Crippen molar-refractivity contribution in [2.75, 3.05) is 38.4 Å². The third-order valence-electron chi connectivity index (χ3n) is 4.46. The van der Waals surface area contributed by atoms with E-state index in [0.29, 0.717) is 35.9 Å². The van der Waals surface area contributed by atoms with E-state index in [1.807, 2.05) is 12.1 Å². The smallest absolute Gasteiger partial charge is 0.338 e. The van der Waals surface area contributed by atoms with E-state index in [2.05, 4.69) is 5.32 Å². The predicted molar refractivity (Wildman–Crippen MR) is 113 cm³/mol. The maximum atomic E-state index is 12.9. The zero-order valence-corrected chi connectivity index (χ0v) is 17.5. The van der Waals surface area contributed by atoms with Gasteiger partial charge in [0.15, 0.2) is 0 Å². The van der Waals surface area contributed by atoms with Gasteiger partial charge in [-0.1, -0.05) is 0 Å². The molecule has 1 N–H and O–H groups in total.